The highest BCUT2D eigenvalue weighted by Crippen LogP contribution is 2.23. The molecule has 0 spiro atoms. The number of rotatable bonds is 4. The van der Waals surface area contributed by atoms with E-state index in [9.17, 15) is 12.8 Å². The maximum Gasteiger partial charge on any atom is 0.250 e. The molecule has 22 heavy (non-hydrogen) atoms. The van der Waals surface area contributed by atoms with Crippen molar-refractivity contribution in [2.45, 2.75) is 25.4 Å². The van der Waals surface area contributed by atoms with Crippen molar-refractivity contribution in [2.75, 3.05) is 31.1 Å². The molecule has 2 aliphatic rings. The Kier molecular flexibility index (Phi) is 4.63. The summed E-state index contributed by atoms with van der Waals surface area (Å²) in [7, 11) is -2.83. The number of aromatic nitrogens is 1. The molecule has 2 fully saturated rings. The summed E-state index contributed by atoms with van der Waals surface area (Å²) in [6, 6.07) is 2.88. The van der Waals surface area contributed by atoms with Crippen molar-refractivity contribution in [3.63, 3.8) is 0 Å². The van der Waals surface area contributed by atoms with E-state index in [1.54, 1.807) is 0 Å². The fraction of sp³-hybridized carbons (Fsp3) is 0.667. The summed E-state index contributed by atoms with van der Waals surface area (Å²) in [5.74, 6) is 0.434. The van der Waals surface area contributed by atoms with E-state index in [0.717, 1.165) is 32.4 Å². The Morgan fingerprint density at radius 1 is 1.41 bits per heavy atom. The van der Waals surface area contributed by atoms with E-state index < -0.39 is 15.7 Å². The molecule has 1 aromatic heterocycles. The third-order valence-electron chi connectivity index (χ3n) is 4.31. The number of pyridine rings is 1. The highest BCUT2D eigenvalue weighted by molar-refractivity contribution is 7.91. The fourth-order valence-corrected chi connectivity index (χ4v) is 5.12. The zero-order valence-electron chi connectivity index (χ0n) is 12.4. The molecule has 0 radical (unpaired) electrons. The zero-order valence-corrected chi connectivity index (χ0v) is 13.3. The Morgan fingerprint density at radius 2 is 2.27 bits per heavy atom. The van der Waals surface area contributed by atoms with Gasteiger partial charge in [-0.25, -0.2) is 17.8 Å². The molecule has 122 valence electrons. The molecule has 5 nitrogen and oxygen atoms in total. The van der Waals surface area contributed by atoms with Crippen molar-refractivity contribution in [2.24, 2.45) is 5.92 Å². The molecule has 0 amide bonds. The number of piperidine rings is 1. The number of likely N-dealkylation sites (tertiary alicyclic amines) is 1. The van der Waals surface area contributed by atoms with Crippen molar-refractivity contribution in [1.29, 1.82) is 0 Å². The molecule has 0 bridgehead atoms. The van der Waals surface area contributed by atoms with Gasteiger partial charge in [0, 0.05) is 19.3 Å². The van der Waals surface area contributed by atoms with Crippen LogP contribution in [-0.4, -0.2) is 55.5 Å². The van der Waals surface area contributed by atoms with Crippen LogP contribution in [0.25, 0.3) is 0 Å². The van der Waals surface area contributed by atoms with E-state index in [4.69, 9.17) is 4.74 Å². The predicted octanol–water partition coefficient (Wildman–Crippen LogP) is 1.50. The normalized spacial score (nSPS) is 28.6. The molecule has 0 saturated carbocycles. The van der Waals surface area contributed by atoms with Crippen molar-refractivity contribution < 1.29 is 17.5 Å². The first-order valence-electron chi connectivity index (χ1n) is 7.72. The van der Waals surface area contributed by atoms with Gasteiger partial charge in [0.15, 0.2) is 15.7 Å². The predicted molar refractivity (Wildman–Crippen MR) is 81.0 cm³/mol. The second-order valence-corrected chi connectivity index (χ2v) is 8.43. The lowest BCUT2D eigenvalue weighted by Gasteiger charge is -2.33. The monoisotopic (exact) mass is 328 g/mol. The van der Waals surface area contributed by atoms with Gasteiger partial charge in [-0.2, -0.15) is 0 Å². The van der Waals surface area contributed by atoms with Crippen LogP contribution in [0.3, 0.4) is 0 Å². The molecule has 2 aliphatic heterocycles. The van der Waals surface area contributed by atoms with Crippen LogP contribution in [0.1, 0.15) is 19.3 Å². The van der Waals surface area contributed by atoms with Gasteiger partial charge in [-0.05, 0) is 43.9 Å². The number of ether oxygens (including phenoxy) is 1. The lowest BCUT2D eigenvalue weighted by atomic mass is 10.0. The number of nitrogens with zero attached hydrogens (tertiary/aromatic N) is 2. The largest absolute Gasteiger partial charge is 0.471 e. The first-order valence-corrected chi connectivity index (χ1v) is 9.54. The summed E-state index contributed by atoms with van der Waals surface area (Å²) >= 11 is 0. The van der Waals surface area contributed by atoms with Crippen molar-refractivity contribution in [1.82, 2.24) is 9.88 Å². The molecule has 2 saturated heterocycles. The summed E-state index contributed by atoms with van der Waals surface area (Å²) < 4.78 is 42.3. The van der Waals surface area contributed by atoms with Crippen LogP contribution in [0, 0.1) is 11.7 Å². The second kappa shape index (κ2) is 6.50. The number of hydrogen-bond donors (Lipinski definition) is 0. The van der Waals surface area contributed by atoms with E-state index in [2.05, 4.69) is 9.88 Å². The fourth-order valence-electron chi connectivity index (χ4n) is 3.27. The zero-order chi connectivity index (χ0) is 15.6. The van der Waals surface area contributed by atoms with Crippen LogP contribution in [0.4, 0.5) is 4.39 Å². The Morgan fingerprint density at radius 3 is 3.00 bits per heavy atom. The summed E-state index contributed by atoms with van der Waals surface area (Å²) in [6.07, 6.45) is 4.02. The minimum absolute atomic E-state index is 0.0535. The van der Waals surface area contributed by atoms with Gasteiger partial charge in [0.25, 0.3) is 5.88 Å². The second-order valence-electron chi connectivity index (χ2n) is 6.20. The van der Waals surface area contributed by atoms with Crippen LogP contribution in [0.2, 0.25) is 0 Å². The minimum Gasteiger partial charge on any atom is -0.471 e. The van der Waals surface area contributed by atoms with Crippen LogP contribution in [0.15, 0.2) is 18.3 Å². The first-order chi connectivity index (χ1) is 10.5. The van der Waals surface area contributed by atoms with E-state index in [0.29, 0.717) is 18.1 Å². The van der Waals surface area contributed by atoms with Crippen molar-refractivity contribution in [3.05, 3.63) is 24.1 Å². The van der Waals surface area contributed by atoms with E-state index in [1.807, 2.05) is 0 Å². The maximum absolute atomic E-state index is 13.6. The third-order valence-corrected chi connectivity index (χ3v) is 6.15. The summed E-state index contributed by atoms with van der Waals surface area (Å²) in [5, 5.41) is 0. The maximum atomic E-state index is 13.6. The quantitative estimate of drug-likeness (QED) is 0.838. The van der Waals surface area contributed by atoms with Crippen LogP contribution >= 0.6 is 0 Å². The Bertz CT molecular complexity index is 623. The SMILES string of the molecule is O=S1(=O)CCC(CN2CCCC(Oc3ncccc3F)C2)C1. The van der Waals surface area contributed by atoms with Crippen LogP contribution in [0.5, 0.6) is 5.88 Å². The Hall–Kier alpha value is -1.21. The van der Waals surface area contributed by atoms with Gasteiger partial charge in [0.1, 0.15) is 6.10 Å². The smallest absolute Gasteiger partial charge is 0.250 e. The van der Waals surface area contributed by atoms with Crippen molar-refractivity contribution >= 4 is 9.84 Å². The molecule has 0 aromatic carbocycles. The average molecular weight is 328 g/mol. The number of sulfone groups is 1. The van der Waals surface area contributed by atoms with Crippen LogP contribution in [-0.2, 0) is 9.84 Å². The summed E-state index contributed by atoms with van der Waals surface area (Å²) in [4.78, 5) is 6.16. The minimum atomic E-state index is -2.83. The number of hydrogen-bond acceptors (Lipinski definition) is 5. The van der Waals surface area contributed by atoms with Gasteiger partial charge in [-0.15, -0.1) is 0 Å². The van der Waals surface area contributed by atoms with Gasteiger partial charge < -0.3 is 4.74 Å². The lowest BCUT2D eigenvalue weighted by Crippen LogP contribution is -2.43. The first kappa shape index (κ1) is 15.7. The molecule has 2 unspecified atom stereocenters. The van der Waals surface area contributed by atoms with Crippen LogP contribution < -0.4 is 4.74 Å². The Labute approximate surface area is 130 Å². The van der Waals surface area contributed by atoms with Gasteiger partial charge in [-0.3, -0.25) is 4.90 Å². The molecule has 0 N–H and O–H groups in total. The molecule has 0 aliphatic carbocycles. The van der Waals surface area contributed by atoms with Crippen molar-refractivity contribution in [3.8, 4) is 5.88 Å². The average Bonchev–Trinajstić information content (AvgIpc) is 2.81. The molecule has 3 heterocycles. The standard InChI is InChI=1S/C15H21FN2O3S/c16-14-4-1-6-17-15(14)21-13-3-2-7-18(10-13)9-12-5-8-22(19,20)11-12/h1,4,6,12-13H,2-3,5,7-11H2. The highest BCUT2D eigenvalue weighted by atomic mass is 32.2. The van der Waals surface area contributed by atoms with Gasteiger partial charge in [0.2, 0.25) is 0 Å². The summed E-state index contributed by atoms with van der Waals surface area (Å²) in [6.45, 7) is 2.43. The Balaban J connectivity index is 1.55. The molecule has 3 rings (SSSR count). The van der Waals surface area contributed by atoms with Gasteiger partial charge >= 0.3 is 0 Å². The van der Waals surface area contributed by atoms with E-state index in [-0.39, 0.29) is 17.9 Å². The molecular formula is C15H21FN2O3S. The molecule has 7 heteroatoms. The summed E-state index contributed by atoms with van der Waals surface area (Å²) in [5.41, 5.74) is 0. The molecular weight excluding hydrogens is 307 g/mol. The number of halogens is 1. The molecule has 1 aromatic rings. The molecule has 2 atom stereocenters. The van der Waals surface area contributed by atoms with Gasteiger partial charge in [-0.1, -0.05) is 0 Å². The van der Waals surface area contributed by atoms with E-state index in [1.165, 1.54) is 18.3 Å². The third kappa shape index (κ3) is 3.95. The van der Waals surface area contributed by atoms with Gasteiger partial charge in [0.05, 0.1) is 11.5 Å². The lowest BCUT2D eigenvalue weighted by molar-refractivity contribution is 0.0743. The van der Waals surface area contributed by atoms with E-state index >= 15 is 0 Å². The highest BCUT2D eigenvalue weighted by Gasteiger charge is 2.31. The topological polar surface area (TPSA) is 59.5 Å².